The molecule has 0 radical (unpaired) electrons. The number of hydrogen-bond acceptors (Lipinski definition) is 8. The van der Waals surface area contributed by atoms with Gasteiger partial charge in [0.1, 0.15) is 6.10 Å². The van der Waals surface area contributed by atoms with E-state index < -0.39 is 35.0 Å². The van der Waals surface area contributed by atoms with Crippen molar-refractivity contribution in [2.75, 3.05) is 6.61 Å². The molecule has 1 saturated heterocycles. The van der Waals surface area contributed by atoms with Gasteiger partial charge in [0.15, 0.2) is 29.0 Å². The lowest BCUT2D eigenvalue weighted by Crippen LogP contribution is -2.68. The first-order chi connectivity index (χ1) is 19.3. The second-order valence-corrected chi connectivity index (χ2v) is 13.6. The maximum atomic E-state index is 14.8. The highest BCUT2D eigenvalue weighted by Crippen LogP contribution is 2.72. The normalized spacial score (nSPS) is 39.7. The lowest BCUT2D eigenvalue weighted by Gasteiger charge is -2.52. The molecule has 41 heavy (non-hydrogen) atoms. The summed E-state index contributed by atoms with van der Waals surface area (Å²) >= 11 is 0. The van der Waals surface area contributed by atoms with Crippen LogP contribution in [0.25, 0.3) is 5.69 Å². The van der Waals surface area contributed by atoms with Gasteiger partial charge >= 0.3 is 5.97 Å². The van der Waals surface area contributed by atoms with Crippen LogP contribution in [0.5, 0.6) is 0 Å². The van der Waals surface area contributed by atoms with Crippen molar-refractivity contribution in [3.8, 4) is 5.69 Å². The summed E-state index contributed by atoms with van der Waals surface area (Å²) in [6.07, 6.45) is 3.97. The SMILES string of the molecule is CC1=CC23C(=O)[C@@H](C=C4COC(C)(C)O[C@H]4[C@]2(O)[C@H]1OC(=O)c1cnnn1-c1ccccc1)[C@H]1[C@@H](CC3C)C1(C)C. The minimum atomic E-state index is -1.88. The zero-order valence-electron chi connectivity index (χ0n) is 24.3. The lowest BCUT2D eigenvalue weighted by atomic mass is 9.59. The molecule has 3 fully saturated rings. The highest BCUT2D eigenvalue weighted by atomic mass is 16.7. The Morgan fingerprint density at radius 3 is 2.63 bits per heavy atom. The van der Waals surface area contributed by atoms with Gasteiger partial charge in [0.05, 0.1) is 23.9 Å². The number of carbonyl (C=O) groups excluding carboxylic acids is 2. The standard InChI is InChI=1S/C32H37N3O6/c1-17-14-31-18(2)12-22-24(29(22,3)4)21(25(31)36)13-19-16-39-30(5,6)41-27(19)32(31,38)26(17)40-28(37)23-15-33-34-35(23)20-10-8-7-9-11-20/h7-11,13-15,18,21-22,24,26-27,38H,12,16H2,1-6H3/t18?,21-,22+,24-,26-,27+,31?,32+/m0/s1. The highest BCUT2D eigenvalue weighted by molar-refractivity contribution is 5.96. The zero-order valence-corrected chi connectivity index (χ0v) is 24.3. The van der Waals surface area contributed by atoms with Gasteiger partial charge in [0, 0.05) is 5.92 Å². The number of aliphatic hydroxyl groups is 1. The molecule has 9 nitrogen and oxygen atoms in total. The summed E-state index contributed by atoms with van der Waals surface area (Å²) in [6, 6.07) is 9.18. The van der Waals surface area contributed by atoms with E-state index >= 15 is 0 Å². The van der Waals surface area contributed by atoms with E-state index in [4.69, 9.17) is 14.2 Å². The van der Waals surface area contributed by atoms with Crippen molar-refractivity contribution in [2.45, 2.75) is 71.6 Å². The van der Waals surface area contributed by atoms with E-state index in [2.05, 4.69) is 31.1 Å². The van der Waals surface area contributed by atoms with Crippen molar-refractivity contribution in [3.05, 3.63) is 65.5 Å². The molecule has 4 aliphatic carbocycles. The van der Waals surface area contributed by atoms with E-state index in [0.29, 0.717) is 17.2 Å². The predicted molar refractivity (Wildman–Crippen MR) is 148 cm³/mol. The summed E-state index contributed by atoms with van der Waals surface area (Å²) in [4.78, 5) is 28.6. The second kappa shape index (κ2) is 8.46. The summed E-state index contributed by atoms with van der Waals surface area (Å²) in [5.41, 5.74) is -1.04. The van der Waals surface area contributed by atoms with Gasteiger partial charge < -0.3 is 19.3 Å². The molecule has 1 spiro atoms. The molecule has 0 amide bonds. The number of benzene rings is 1. The van der Waals surface area contributed by atoms with E-state index in [1.807, 2.05) is 49.4 Å². The second-order valence-electron chi connectivity index (χ2n) is 13.6. The summed E-state index contributed by atoms with van der Waals surface area (Å²) in [7, 11) is 0. The molecular formula is C32H37N3O6. The number of rotatable bonds is 3. The van der Waals surface area contributed by atoms with Crippen molar-refractivity contribution >= 4 is 11.8 Å². The quantitative estimate of drug-likeness (QED) is 0.443. The third-order valence-corrected chi connectivity index (χ3v) is 10.7. The number of nitrogens with zero attached hydrogens (tertiary/aromatic N) is 3. The summed E-state index contributed by atoms with van der Waals surface area (Å²) in [5, 5.41) is 21.2. The van der Waals surface area contributed by atoms with Crippen LogP contribution in [0.2, 0.25) is 0 Å². The van der Waals surface area contributed by atoms with Crippen LogP contribution in [-0.4, -0.2) is 62.1 Å². The maximum absolute atomic E-state index is 14.8. The van der Waals surface area contributed by atoms with Gasteiger partial charge in [0.2, 0.25) is 0 Å². The molecule has 2 aromatic rings. The number of para-hydroxylation sites is 1. The number of fused-ring (bicyclic) bond motifs is 5. The van der Waals surface area contributed by atoms with Gasteiger partial charge in [-0.25, -0.2) is 9.48 Å². The molecule has 1 aliphatic heterocycles. The Morgan fingerprint density at radius 1 is 1.17 bits per heavy atom. The van der Waals surface area contributed by atoms with Gasteiger partial charge in [0.25, 0.3) is 0 Å². The van der Waals surface area contributed by atoms with E-state index in [-0.39, 0.29) is 41.3 Å². The maximum Gasteiger partial charge on any atom is 0.359 e. The van der Waals surface area contributed by atoms with Crippen LogP contribution in [0.3, 0.4) is 0 Å². The molecule has 216 valence electrons. The molecule has 1 aromatic carbocycles. The van der Waals surface area contributed by atoms with Crippen LogP contribution >= 0.6 is 0 Å². The Kier molecular flexibility index (Phi) is 5.52. The van der Waals surface area contributed by atoms with Gasteiger partial charge in [-0.05, 0) is 73.6 Å². The van der Waals surface area contributed by atoms with Crippen molar-refractivity contribution in [1.82, 2.24) is 15.0 Å². The Balaban J connectivity index is 1.35. The molecule has 2 saturated carbocycles. The largest absolute Gasteiger partial charge is 0.450 e. The molecule has 2 bridgehead atoms. The highest BCUT2D eigenvalue weighted by Gasteiger charge is 2.77. The molecule has 9 heteroatoms. The third-order valence-electron chi connectivity index (χ3n) is 10.7. The first kappa shape index (κ1) is 26.7. The number of ether oxygens (including phenoxy) is 3. The summed E-state index contributed by atoms with van der Waals surface area (Å²) in [6.45, 7) is 12.2. The van der Waals surface area contributed by atoms with Crippen molar-refractivity contribution < 1.29 is 28.9 Å². The van der Waals surface area contributed by atoms with E-state index in [0.717, 1.165) is 12.0 Å². The van der Waals surface area contributed by atoms with Crippen molar-refractivity contribution in [1.29, 1.82) is 0 Å². The predicted octanol–water partition coefficient (Wildman–Crippen LogP) is 4.06. The van der Waals surface area contributed by atoms with Gasteiger partial charge in [-0.1, -0.05) is 56.3 Å². The van der Waals surface area contributed by atoms with Crippen LogP contribution in [0.15, 0.2) is 59.8 Å². The Labute approximate surface area is 239 Å². The molecule has 7 rings (SSSR count). The fraction of sp³-hybridized carbons (Fsp3) is 0.562. The number of esters is 1. The van der Waals surface area contributed by atoms with E-state index in [9.17, 15) is 14.7 Å². The molecule has 2 unspecified atom stereocenters. The van der Waals surface area contributed by atoms with E-state index in [1.165, 1.54) is 10.9 Å². The smallest absolute Gasteiger partial charge is 0.359 e. The Morgan fingerprint density at radius 2 is 1.90 bits per heavy atom. The van der Waals surface area contributed by atoms with Crippen molar-refractivity contribution in [2.24, 2.45) is 34.5 Å². The number of carbonyl (C=O) groups is 2. The topological polar surface area (TPSA) is 113 Å². The summed E-state index contributed by atoms with van der Waals surface area (Å²) < 4.78 is 20.2. The number of allylic oxidation sites excluding steroid dienone is 1. The molecule has 1 N–H and O–H groups in total. The fourth-order valence-electron chi connectivity index (χ4n) is 8.60. The lowest BCUT2D eigenvalue weighted by molar-refractivity contribution is -0.302. The van der Waals surface area contributed by atoms with Gasteiger partial charge in [-0.2, -0.15) is 0 Å². The number of aromatic nitrogens is 3. The van der Waals surface area contributed by atoms with E-state index in [1.54, 1.807) is 13.8 Å². The zero-order chi connectivity index (χ0) is 29.1. The molecular weight excluding hydrogens is 522 g/mol. The van der Waals surface area contributed by atoms with Crippen LogP contribution in [0, 0.1) is 34.5 Å². The minimum Gasteiger partial charge on any atom is -0.450 e. The van der Waals surface area contributed by atoms with Crippen LogP contribution < -0.4 is 0 Å². The minimum absolute atomic E-state index is 0.0208. The molecule has 8 atom stereocenters. The third kappa shape index (κ3) is 3.46. The average Bonchev–Trinajstić information content (AvgIpc) is 3.21. The first-order valence-electron chi connectivity index (χ1n) is 14.5. The molecule has 1 aromatic heterocycles. The summed E-state index contributed by atoms with van der Waals surface area (Å²) in [5.74, 6) is -1.81. The average molecular weight is 560 g/mol. The van der Waals surface area contributed by atoms with Crippen molar-refractivity contribution in [3.63, 3.8) is 0 Å². The molecule has 5 aliphatic rings. The fourth-order valence-corrected chi connectivity index (χ4v) is 8.60. The number of Topliss-reactive ketones (excluding diaryl/α,β-unsaturated/α-hetero) is 1. The first-order valence-corrected chi connectivity index (χ1v) is 14.5. The number of ketones is 1. The molecule has 2 heterocycles. The monoisotopic (exact) mass is 559 g/mol. The number of hydrogen-bond donors (Lipinski definition) is 1. The Hall–Kier alpha value is -3.14. The van der Waals surface area contributed by atoms with Gasteiger partial charge in [-0.15, -0.1) is 5.10 Å². The Bertz CT molecular complexity index is 1510. The van der Waals surface area contributed by atoms with Crippen LogP contribution in [0.4, 0.5) is 0 Å². The van der Waals surface area contributed by atoms with Gasteiger partial charge in [-0.3, -0.25) is 4.79 Å². The van der Waals surface area contributed by atoms with Crippen LogP contribution in [0.1, 0.15) is 58.5 Å². The van der Waals surface area contributed by atoms with Crippen LogP contribution in [-0.2, 0) is 19.0 Å².